The van der Waals surface area contributed by atoms with Crippen LogP contribution in [0.3, 0.4) is 0 Å². The lowest BCUT2D eigenvalue weighted by atomic mass is 10.0. The lowest BCUT2D eigenvalue weighted by Gasteiger charge is -2.40. The molecule has 5 heteroatoms. The van der Waals surface area contributed by atoms with Gasteiger partial charge in [-0.25, -0.2) is 0 Å². The first-order valence-electron chi connectivity index (χ1n) is 7.71. The van der Waals surface area contributed by atoms with Crippen molar-refractivity contribution >= 4 is 23.3 Å². The molecular weight excluding hydrogens is 280 g/mol. The first-order valence-corrected chi connectivity index (χ1v) is 7.71. The average Bonchev–Trinajstić information content (AvgIpc) is 2.50. The summed E-state index contributed by atoms with van der Waals surface area (Å²) < 4.78 is 0. The van der Waals surface area contributed by atoms with Crippen LogP contribution in [0.4, 0.5) is 5.69 Å². The molecule has 0 N–H and O–H groups in total. The van der Waals surface area contributed by atoms with E-state index in [9.17, 15) is 14.4 Å². The maximum Gasteiger partial charge on any atom is 0.249 e. The molecule has 1 aromatic rings. The highest BCUT2D eigenvalue weighted by molar-refractivity contribution is 6.08. The van der Waals surface area contributed by atoms with E-state index in [-0.39, 0.29) is 17.6 Å². The van der Waals surface area contributed by atoms with Gasteiger partial charge < -0.3 is 9.80 Å². The van der Waals surface area contributed by atoms with Crippen molar-refractivity contribution in [2.24, 2.45) is 0 Å². The minimum atomic E-state index is -0.439. The van der Waals surface area contributed by atoms with E-state index in [0.29, 0.717) is 43.6 Å². The van der Waals surface area contributed by atoms with E-state index in [1.54, 1.807) is 9.80 Å². The van der Waals surface area contributed by atoms with Crippen molar-refractivity contribution in [3.05, 3.63) is 29.3 Å². The third-order valence-electron chi connectivity index (χ3n) is 4.52. The summed E-state index contributed by atoms with van der Waals surface area (Å²) in [5.74, 6) is -0.0672. The molecule has 1 fully saturated rings. The Morgan fingerprint density at radius 2 is 2.00 bits per heavy atom. The Morgan fingerprint density at radius 3 is 2.73 bits per heavy atom. The predicted octanol–water partition coefficient (Wildman–Crippen LogP) is 1.93. The van der Waals surface area contributed by atoms with Gasteiger partial charge in [0.2, 0.25) is 11.8 Å². The molecule has 0 spiro atoms. The minimum absolute atomic E-state index is 0.0683. The van der Waals surface area contributed by atoms with E-state index in [1.165, 1.54) is 6.92 Å². The van der Waals surface area contributed by atoms with Crippen LogP contribution in [-0.4, -0.2) is 41.6 Å². The number of hydrogen-bond acceptors (Lipinski definition) is 3. The molecule has 0 aliphatic carbocycles. The van der Waals surface area contributed by atoms with Gasteiger partial charge in [0.25, 0.3) is 0 Å². The topological polar surface area (TPSA) is 57.7 Å². The number of amides is 2. The van der Waals surface area contributed by atoms with Gasteiger partial charge in [0.15, 0.2) is 5.78 Å². The fourth-order valence-corrected chi connectivity index (χ4v) is 3.38. The molecule has 0 saturated carbocycles. The van der Waals surface area contributed by atoms with Gasteiger partial charge >= 0.3 is 0 Å². The minimum Gasteiger partial charge on any atom is -0.329 e. The lowest BCUT2D eigenvalue weighted by molar-refractivity contribution is -0.140. The summed E-state index contributed by atoms with van der Waals surface area (Å²) in [7, 11) is 0. The Bertz CT molecular complexity index is 653. The van der Waals surface area contributed by atoms with Crippen molar-refractivity contribution in [1.82, 2.24) is 4.90 Å². The molecular formula is C17H20N2O3. The number of piperazine rings is 1. The van der Waals surface area contributed by atoms with Crippen molar-refractivity contribution in [3.8, 4) is 0 Å². The van der Waals surface area contributed by atoms with E-state index in [4.69, 9.17) is 0 Å². The number of rotatable bonds is 0. The van der Waals surface area contributed by atoms with Gasteiger partial charge in [-0.1, -0.05) is 11.6 Å². The number of carbonyl (C=O) groups is 3. The molecule has 2 amide bonds. The van der Waals surface area contributed by atoms with Crippen LogP contribution < -0.4 is 4.90 Å². The summed E-state index contributed by atoms with van der Waals surface area (Å²) in [6, 6.07) is 5.20. The molecule has 1 saturated heterocycles. The first kappa shape index (κ1) is 14.8. The van der Waals surface area contributed by atoms with Crippen molar-refractivity contribution in [3.63, 3.8) is 0 Å². The molecule has 1 aromatic carbocycles. The molecule has 0 radical (unpaired) electrons. The Hall–Kier alpha value is -2.17. The van der Waals surface area contributed by atoms with Gasteiger partial charge in [-0.2, -0.15) is 0 Å². The standard InChI is InChI=1S/C17H20N2O3/c1-11-6-7-14-13(10-11)16(21)5-3-4-15-17(22)19(14)9-8-18(15)12(2)20/h6-7,10,15H,3-5,8-9H2,1-2H3/t15-/m1/s1. The zero-order valence-corrected chi connectivity index (χ0v) is 13.0. The Balaban J connectivity index is 2.07. The molecule has 3 rings (SSSR count). The number of fused-ring (bicyclic) bond motifs is 4. The fraction of sp³-hybridized carbons (Fsp3) is 0.471. The molecule has 0 unspecified atom stereocenters. The molecule has 2 aliphatic heterocycles. The number of benzene rings is 1. The summed E-state index contributed by atoms with van der Waals surface area (Å²) >= 11 is 0. The largest absolute Gasteiger partial charge is 0.329 e. The third kappa shape index (κ3) is 2.40. The second-order valence-electron chi connectivity index (χ2n) is 6.05. The van der Waals surface area contributed by atoms with Crippen LogP contribution in [-0.2, 0) is 9.59 Å². The molecule has 0 aromatic heterocycles. The second-order valence-corrected chi connectivity index (χ2v) is 6.05. The molecule has 5 nitrogen and oxygen atoms in total. The van der Waals surface area contributed by atoms with Crippen LogP contribution in [0.2, 0.25) is 0 Å². The quantitative estimate of drug-likeness (QED) is 0.735. The molecule has 2 aliphatic rings. The zero-order valence-electron chi connectivity index (χ0n) is 13.0. The van der Waals surface area contributed by atoms with Crippen LogP contribution in [0, 0.1) is 6.92 Å². The van der Waals surface area contributed by atoms with Gasteiger partial charge in [0, 0.05) is 32.0 Å². The second kappa shape index (κ2) is 5.55. The maximum atomic E-state index is 12.8. The third-order valence-corrected chi connectivity index (χ3v) is 4.52. The molecule has 2 heterocycles. The van der Waals surface area contributed by atoms with Gasteiger partial charge in [-0.15, -0.1) is 0 Å². The van der Waals surface area contributed by atoms with E-state index >= 15 is 0 Å². The van der Waals surface area contributed by atoms with Crippen molar-refractivity contribution < 1.29 is 14.4 Å². The molecule has 2 bridgehead atoms. The monoisotopic (exact) mass is 300 g/mol. The first-order chi connectivity index (χ1) is 10.5. The normalized spacial score (nSPS) is 21.8. The van der Waals surface area contributed by atoms with E-state index < -0.39 is 6.04 Å². The maximum absolute atomic E-state index is 12.8. The number of Topliss-reactive ketones (excluding diaryl/α,β-unsaturated/α-hetero) is 1. The van der Waals surface area contributed by atoms with Gasteiger partial charge in [-0.3, -0.25) is 14.4 Å². The highest BCUT2D eigenvalue weighted by Gasteiger charge is 2.38. The molecule has 22 heavy (non-hydrogen) atoms. The highest BCUT2D eigenvalue weighted by Crippen LogP contribution is 2.30. The Labute approximate surface area is 129 Å². The molecule has 1 atom stereocenters. The number of nitrogens with zero attached hydrogens (tertiary/aromatic N) is 2. The average molecular weight is 300 g/mol. The number of anilines is 1. The van der Waals surface area contributed by atoms with Crippen LogP contribution >= 0.6 is 0 Å². The van der Waals surface area contributed by atoms with Crippen LogP contribution in [0.5, 0.6) is 0 Å². The summed E-state index contributed by atoms with van der Waals surface area (Å²) in [5, 5.41) is 0. The van der Waals surface area contributed by atoms with Crippen molar-refractivity contribution in [1.29, 1.82) is 0 Å². The van der Waals surface area contributed by atoms with Gasteiger partial charge in [-0.05, 0) is 31.9 Å². The number of hydrogen-bond donors (Lipinski definition) is 0. The number of carbonyl (C=O) groups excluding carboxylic acids is 3. The fourth-order valence-electron chi connectivity index (χ4n) is 3.38. The van der Waals surface area contributed by atoms with E-state index in [2.05, 4.69) is 0 Å². The lowest BCUT2D eigenvalue weighted by Crippen LogP contribution is -2.58. The van der Waals surface area contributed by atoms with Crippen LogP contribution in [0.15, 0.2) is 18.2 Å². The summed E-state index contributed by atoms with van der Waals surface area (Å²) in [6.07, 6.45) is 1.59. The smallest absolute Gasteiger partial charge is 0.249 e. The van der Waals surface area contributed by atoms with Gasteiger partial charge in [0.05, 0.1) is 5.69 Å². The van der Waals surface area contributed by atoms with E-state index in [0.717, 1.165) is 5.56 Å². The SMILES string of the molecule is CC(=O)N1CCN2C(=O)[C@H]1CCCC(=O)c1cc(C)ccc12. The number of ketones is 1. The van der Waals surface area contributed by atoms with Crippen LogP contribution in [0.1, 0.15) is 42.1 Å². The summed E-state index contributed by atoms with van der Waals surface area (Å²) in [4.78, 5) is 40.4. The molecule has 116 valence electrons. The van der Waals surface area contributed by atoms with Crippen molar-refractivity contribution in [2.45, 2.75) is 39.2 Å². The van der Waals surface area contributed by atoms with Crippen LogP contribution in [0.25, 0.3) is 0 Å². The number of aryl methyl sites for hydroxylation is 1. The predicted molar refractivity (Wildman–Crippen MR) is 82.9 cm³/mol. The Morgan fingerprint density at radius 1 is 1.23 bits per heavy atom. The Kier molecular flexibility index (Phi) is 3.72. The zero-order chi connectivity index (χ0) is 15.9. The summed E-state index contributed by atoms with van der Waals surface area (Å²) in [5.41, 5.74) is 2.33. The van der Waals surface area contributed by atoms with Crippen molar-refractivity contribution in [2.75, 3.05) is 18.0 Å². The van der Waals surface area contributed by atoms with Gasteiger partial charge in [0.1, 0.15) is 6.04 Å². The van der Waals surface area contributed by atoms with E-state index in [1.807, 2.05) is 25.1 Å². The highest BCUT2D eigenvalue weighted by atomic mass is 16.2. The summed E-state index contributed by atoms with van der Waals surface area (Å²) in [6.45, 7) is 4.40.